The van der Waals surface area contributed by atoms with Gasteiger partial charge in [0.25, 0.3) is 0 Å². The Bertz CT molecular complexity index is 435. The molecule has 14 heavy (non-hydrogen) atoms. The van der Waals surface area contributed by atoms with Gasteiger partial charge in [0.1, 0.15) is 0 Å². The van der Waals surface area contributed by atoms with E-state index in [1.165, 1.54) is 0 Å². The summed E-state index contributed by atoms with van der Waals surface area (Å²) in [5.41, 5.74) is 9.22. The van der Waals surface area contributed by atoms with Crippen molar-refractivity contribution in [3.8, 4) is 11.3 Å². The number of nitrogen functional groups attached to an aromatic ring is 1. The fourth-order valence-electron chi connectivity index (χ4n) is 1.28. The van der Waals surface area contributed by atoms with Gasteiger partial charge in [0.2, 0.25) is 0 Å². The SMILES string of the molecule is Cc1cc(-c2ccc(N)cn2)ccn1. The fraction of sp³-hybridized carbons (Fsp3) is 0.0909. The lowest BCUT2D eigenvalue weighted by molar-refractivity contribution is 1.19. The normalized spacial score (nSPS) is 10.1. The number of aryl methyl sites for hydroxylation is 1. The van der Waals surface area contributed by atoms with E-state index in [1.54, 1.807) is 12.4 Å². The molecule has 0 unspecified atom stereocenters. The van der Waals surface area contributed by atoms with Gasteiger partial charge in [-0.1, -0.05) is 0 Å². The molecule has 0 atom stereocenters. The van der Waals surface area contributed by atoms with Crippen LogP contribution < -0.4 is 5.73 Å². The van der Waals surface area contributed by atoms with Crippen molar-refractivity contribution in [2.75, 3.05) is 5.73 Å². The van der Waals surface area contributed by atoms with Gasteiger partial charge in [-0.25, -0.2) is 0 Å². The molecule has 3 nitrogen and oxygen atoms in total. The number of nitrogens with two attached hydrogens (primary N) is 1. The minimum Gasteiger partial charge on any atom is -0.397 e. The zero-order chi connectivity index (χ0) is 9.97. The summed E-state index contributed by atoms with van der Waals surface area (Å²) < 4.78 is 0. The molecule has 3 heteroatoms. The summed E-state index contributed by atoms with van der Waals surface area (Å²) in [5.74, 6) is 0. The molecule has 70 valence electrons. The molecule has 2 aromatic heterocycles. The molecule has 0 aliphatic rings. The minimum absolute atomic E-state index is 0.680. The second-order valence-corrected chi connectivity index (χ2v) is 3.16. The number of pyridine rings is 2. The van der Waals surface area contributed by atoms with Gasteiger partial charge in [-0.2, -0.15) is 0 Å². The highest BCUT2D eigenvalue weighted by molar-refractivity contribution is 5.60. The molecule has 2 N–H and O–H groups in total. The lowest BCUT2D eigenvalue weighted by Gasteiger charge is -2.01. The van der Waals surface area contributed by atoms with E-state index < -0.39 is 0 Å². The summed E-state index contributed by atoms with van der Waals surface area (Å²) in [6, 6.07) is 7.69. The summed E-state index contributed by atoms with van der Waals surface area (Å²) in [4.78, 5) is 8.37. The van der Waals surface area contributed by atoms with Crippen LogP contribution in [0.5, 0.6) is 0 Å². The highest BCUT2D eigenvalue weighted by Crippen LogP contribution is 2.17. The van der Waals surface area contributed by atoms with Gasteiger partial charge < -0.3 is 5.73 Å². The molecule has 0 spiro atoms. The molecule has 0 radical (unpaired) electrons. The fourth-order valence-corrected chi connectivity index (χ4v) is 1.28. The van der Waals surface area contributed by atoms with Crippen LogP contribution in [0, 0.1) is 6.92 Å². The van der Waals surface area contributed by atoms with E-state index in [2.05, 4.69) is 9.97 Å². The van der Waals surface area contributed by atoms with Crippen molar-refractivity contribution in [2.45, 2.75) is 6.92 Å². The van der Waals surface area contributed by atoms with Crippen LogP contribution in [0.15, 0.2) is 36.7 Å². The summed E-state index contributed by atoms with van der Waals surface area (Å²) in [7, 11) is 0. The molecule has 2 aromatic rings. The Morgan fingerprint density at radius 2 is 2.00 bits per heavy atom. The van der Waals surface area contributed by atoms with E-state index in [1.807, 2.05) is 31.2 Å². The predicted octanol–water partition coefficient (Wildman–Crippen LogP) is 2.03. The van der Waals surface area contributed by atoms with Gasteiger partial charge in [-0.05, 0) is 31.2 Å². The number of hydrogen-bond acceptors (Lipinski definition) is 3. The molecule has 0 fully saturated rings. The average molecular weight is 185 g/mol. The maximum atomic E-state index is 5.56. The third kappa shape index (κ3) is 1.71. The second-order valence-electron chi connectivity index (χ2n) is 3.16. The summed E-state index contributed by atoms with van der Waals surface area (Å²) >= 11 is 0. The molecule has 0 amide bonds. The van der Waals surface area contributed by atoms with E-state index in [-0.39, 0.29) is 0 Å². The van der Waals surface area contributed by atoms with Crippen LogP contribution in [-0.4, -0.2) is 9.97 Å². The molecule has 0 aliphatic heterocycles. The van der Waals surface area contributed by atoms with Crippen LogP contribution >= 0.6 is 0 Å². The van der Waals surface area contributed by atoms with Crippen LogP contribution in [0.4, 0.5) is 5.69 Å². The molecule has 2 rings (SSSR count). The van der Waals surface area contributed by atoms with E-state index in [4.69, 9.17) is 5.73 Å². The number of rotatable bonds is 1. The lowest BCUT2D eigenvalue weighted by atomic mass is 10.1. The molecular weight excluding hydrogens is 174 g/mol. The Morgan fingerprint density at radius 1 is 1.14 bits per heavy atom. The third-order valence-corrected chi connectivity index (χ3v) is 1.98. The van der Waals surface area contributed by atoms with Crippen LogP contribution in [0.3, 0.4) is 0 Å². The zero-order valence-electron chi connectivity index (χ0n) is 7.94. The first kappa shape index (κ1) is 8.69. The Hall–Kier alpha value is -1.90. The molecule has 0 saturated carbocycles. The quantitative estimate of drug-likeness (QED) is 0.739. The Kier molecular flexibility index (Phi) is 2.14. The topological polar surface area (TPSA) is 51.8 Å². The molecule has 0 aromatic carbocycles. The highest BCUT2D eigenvalue weighted by Gasteiger charge is 1.98. The molecule has 2 heterocycles. The number of hydrogen-bond donors (Lipinski definition) is 1. The Labute approximate surface area is 82.6 Å². The first-order valence-corrected chi connectivity index (χ1v) is 4.40. The van der Waals surface area contributed by atoms with Gasteiger partial charge in [0, 0.05) is 17.5 Å². The van der Waals surface area contributed by atoms with Crippen LogP contribution in [0.1, 0.15) is 5.69 Å². The second kappa shape index (κ2) is 3.46. The van der Waals surface area contributed by atoms with Gasteiger partial charge in [0.05, 0.1) is 17.6 Å². The standard InChI is InChI=1S/C11H11N3/c1-8-6-9(4-5-13-8)11-3-2-10(12)7-14-11/h2-7H,12H2,1H3. The molecule has 0 aliphatic carbocycles. The van der Waals surface area contributed by atoms with Crippen LogP contribution in [-0.2, 0) is 0 Å². The van der Waals surface area contributed by atoms with Crippen molar-refractivity contribution >= 4 is 5.69 Å². The minimum atomic E-state index is 0.680. The first-order chi connectivity index (χ1) is 6.75. The van der Waals surface area contributed by atoms with Crippen LogP contribution in [0.25, 0.3) is 11.3 Å². The van der Waals surface area contributed by atoms with Crippen molar-refractivity contribution in [1.29, 1.82) is 0 Å². The molecule has 0 bridgehead atoms. The van der Waals surface area contributed by atoms with Gasteiger partial charge >= 0.3 is 0 Å². The maximum absolute atomic E-state index is 5.56. The van der Waals surface area contributed by atoms with Gasteiger partial charge in [0.15, 0.2) is 0 Å². The lowest BCUT2D eigenvalue weighted by Crippen LogP contribution is -1.89. The highest BCUT2D eigenvalue weighted by atomic mass is 14.7. The van der Waals surface area contributed by atoms with Gasteiger partial charge in [-0.15, -0.1) is 0 Å². The van der Waals surface area contributed by atoms with E-state index in [9.17, 15) is 0 Å². The number of nitrogens with zero attached hydrogens (tertiary/aromatic N) is 2. The zero-order valence-corrected chi connectivity index (χ0v) is 7.94. The monoisotopic (exact) mass is 185 g/mol. The van der Waals surface area contributed by atoms with Crippen molar-refractivity contribution < 1.29 is 0 Å². The molecular formula is C11H11N3. The Balaban J connectivity index is 2.44. The summed E-state index contributed by atoms with van der Waals surface area (Å²) in [6.45, 7) is 1.96. The van der Waals surface area contributed by atoms with Gasteiger partial charge in [-0.3, -0.25) is 9.97 Å². The van der Waals surface area contributed by atoms with E-state index in [0.29, 0.717) is 5.69 Å². The summed E-state index contributed by atoms with van der Waals surface area (Å²) in [5, 5.41) is 0. The van der Waals surface area contributed by atoms with E-state index >= 15 is 0 Å². The summed E-state index contributed by atoms with van der Waals surface area (Å²) in [6.07, 6.45) is 3.44. The van der Waals surface area contributed by atoms with Crippen molar-refractivity contribution in [3.63, 3.8) is 0 Å². The van der Waals surface area contributed by atoms with Crippen molar-refractivity contribution in [3.05, 3.63) is 42.4 Å². The number of aromatic nitrogens is 2. The Morgan fingerprint density at radius 3 is 2.64 bits per heavy atom. The maximum Gasteiger partial charge on any atom is 0.0704 e. The van der Waals surface area contributed by atoms with Crippen LogP contribution in [0.2, 0.25) is 0 Å². The predicted molar refractivity (Wildman–Crippen MR) is 56.6 cm³/mol. The van der Waals surface area contributed by atoms with Crippen molar-refractivity contribution in [2.24, 2.45) is 0 Å². The number of anilines is 1. The third-order valence-electron chi connectivity index (χ3n) is 1.98. The first-order valence-electron chi connectivity index (χ1n) is 4.40. The van der Waals surface area contributed by atoms with Crippen molar-refractivity contribution in [1.82, 2.24) is 9.97 Å². The van der Waals surface area contributed by atoms with E-state index in [0.717, 1.165) is 17.0 Å². The average Bonchev–Trinajstić information content (AvgIpc) is 2.19. The molecule has 0 saturated heterocycles. The largest absolute Gasteiger partial charge is 0.397 e. The smallest absolute Gasteiger partial charge is 0.0704 e.